The van der Waals surface area contributed by atoms with Gasteiger partial charge in [0.15, 0.2) is 0 Å². The van der Waals surface area contributed by atoms with E-state index in [9.17, 15) is 0 Å². The van der Waals surface area contributed by atoms with Crippen molar-refractivity contribution in [2.75, 3.05) is 0 Å². The molecule has 49 heavy (non-hydrogen) atoms. The van der Waals surface area contributed by atoms with Crippen LogP contribution in [0, 0.1) is 49.9 Å². The first-order valence-electron chi connectivity index (χ1n) is 19.3. The molecule has 4 heteroatoms. The van der Waals surface area contributed by atoms with Gasteiger partial charge in [-0.05, 0) is 171 Å². The number of pyridine rings is 4. The molecule has 0 aliphatic heterocycles. The fourth-order valence-corrected chi connectivity index (χ4v) is 12.6. The largest absolute Gasteiger partial charge is 0.261 e. The molecule has 5 fully saturated rings. The summed E-state index contributed by atoms with van der Waals surface area (Å²) in [7, 11) is 0. The molecule has 9 atom stereocenters. The zero-order valence-electron chi connectivity index (χ0n) is 29.6. The number of benzene rings is 2. The zero-order valence-corrected chi connectivity index (χ0v) is 29.6. The van der Waals surface area contributed by atoms with Crippen LogP contribution < -0.4 is 0 Å². The molecule has 0 amide bonds. The SMILES string of the molecule is CC.Cc1ccc2c(n1)c(C)cc1c3c(cnc12)C1CC2CC24CC3C4C1.Cc1nccc2c1ccc1c3c(cnc12)C1CCC2C(C1)C32. The van der Waals surface area contributed by atoms with Crippen LogP contribution >= 0.6 is 0 Å². The number of hydrogen-bond acceptors (Lipinski definition) is 4. The van der Waals surface area contributed by atoms with Gasteiger partial charge in [0.2, 0.25) is 0 Å². The van der Waals surface area contributed by atoms with E-state index in [1.807, 2.05) is 20.0 Å². The molecule has 246 valence electrons. The normalized spacial score (nSPS) is 32.9. The minimum atomic E-state index is 0.777. The summed E-state index contributed by atoms with van der Waals surface area (Å²) in [6, 6.07) is 13.5. The summed E-state index contributed by atoms with van der Waals surface area (Å²) in [5, 5.41) is 6.59. The quantitative estimate of drug-likeness (QED) is 0.155. The summed E-state index contributed by atoms with van der Waals surface area (Å²) < 4.78 is 0. The Morgan fingerprint density at radius 3 is 2.29 bits per heavy atom. The molecule has 7 aliphatic carbocycles. The second-order valence-corrected chi connectivity index (χ2v) is 16.7. The molecule has 4 heterocycles. The van der Waals surface area contributed by atoms with Gasteiger partial charge in [-0.3, -0.25) is 19.9 Å². The van der Waals surface area contributed by atoms with Crippen LogP contribution in [0.25, 0.3) is 43.5 Å². The van der Waals surface area contributed by atoms with Crippen molar-refractivity contribution in [2.24, 2.45) is 29.1 Å². The summed E-state index contributed by atoms with van der Waals surface area (Å²) in [5.41, 5.74) is 14.3. The standard InChI is InChI=1S/C23H22N2.C20H18N2.C2H6/c1-11-5-16-20-17-9-23-8-14(23)6-13(7-19(17)23)18(20)10-24-22(16)15-4-3-12(2)25-21(11)15;1-10-12-4-5-15-19-17(9-22-20(15)14(12)6-7-21-10)11-2-3-13-16(8-11)18(13)19;1-2/h3-5,10,13-14,17,19H,6-9H2,1-2H3;4-7,9,11,13,16,18H,2-3,8H2,1H3;1-2H3. The zero-order chi connectivity index (χ0) is 32.9. The van der Waals surface area contributed by atoms with Crippen LogP contribution in [0.1, 0.15) is 122 Å². The second kappa shape index (κ2) is 9.86. The highest BCUT2D eigenvalue weighted by Crippen LogP contribution is 2.81. The van der Waals surface area contributed by atoms with Crippen molar-refractivity contribution in [3.8, 4) is 0 Å². The fourth-order valence-electron chi connectivity index (χ4n) is 12.6. The third-order valence-electron chi connectivity index (χ3n) is 14.8. The van der Waals surface area contributed by atoms with Crippen LogP contribution in [0.3, 0.4) is 0 Å². The molecule has 0 radical (unpaired) electrons. The Labute approximate surface area is 289 Å². The van der Waals surface area contributed by atoms with E-state index in [4.69, 9.17) is 15.0 Å². The van der Waals surface area contributed by atoms with Gasteiger partial charge < -0.3 is 0 Å². The third kappa shape index (κ3) is 3.71. The lowest BCUT2D eigenvalue weighted by Crippen LogP contribution is -2.45. The predicted octanol–water partition coefficient (Wildman–Crippen LogP) is 11.1. The van der Waals surface area contributed by atoms with Gasteiger partial charge in [-0.25, -0.2) is 0 Å². The maximum absolute atomic E-state index is 4.99. The van der Waals surface area contributed by atoms with Crippen LogP contribution in [0.2, 0.25) is 0 Å². The van der Waals surface area contributed by atoms with E-state index in [0.29, 0.717) is 0 Å². The Morgan fingerprint density at radius 2 is 1.43 bits per heavy atom. The minimum absolute atomic E-state index is 0.777. The molecule has 13 rings (SSSR count). The van der Waals surface area contributed by atoms with Crippen molar-refractivity contribution in [1.29, 1.82) is 0 Å². The fraction of sp³-hybridized carbons (Fsp3) is 0.467. The van der Waals surface area contributed by atoms with Gasteiger partial charge in [-0.2, -0.15) is 0 Å². The van der Waals surface area contributed by atoms with Crippen LogP contribution in [-0.2, 0) is 0 Å². The van der Waals surface area contributed by atoms with E-state index in [1.54, 1.807) is 22.3 Å². The van der Waals surface area contributed by atoms with Crippen molar-refractivity contribution >= 4 is 43.5 Å². The van der Waals surface area contributed by atoms with Crippen molar-refractivity contribution in [3.05, 3.63) is 94.2 Å². The summed E-state index contributed by atoms with van der Waals surface area (Å²) >= 11 is 0. The molecule has 4 bridgehead atoms. The van der Waals surface area contributed by atoms with Gasteiger partial charge in [0.05, 0.1) is 16.6 Å². The van der Waals surface area contributed by atoms with Gasteiger partial charge in [-0.1, -0.05) is 26.0 Å². The topological polar surface area (TPSA) is 51.6 Å². The first kappa shape index (κ1) is 28.9. The lowest BCUT2D eigenvalue weighted by Gasteiger charge is -2.56. The third-order valence-corrected chi connectivity index (χ3v) is 14.8. The Morgan fingerprint density at radius 1 is 0.653 bits per heavy atom. The maximum atomic E-state index is 4.99. The average Bonchev–Trinajstić information content (AvgIpc) is 4.04. The van der Waals surface area contributed by atoms with E-state index in [-0.39, 0.29) is 0 Å². The first-order chi connectivity index (χ1) is 24.0. The Hall–Kier alpha value is -3.92. The van der Waals surface area contributed by atoms with Gasteiger partial charge >= 0.3 is 0 Å². The molecule has 7 aliphatic rings. The summed E-state index contributed by atoms with van der Waals surface area (Å²) in [4.78, 5) is 19.1. The Kier molecular flexibility index (Phi) is 5.81. The van der Waals surface area contributed by atoms with Crippen LogP contribution in [0.15, 0.2) is 55.0 Å². The van der Waals surface area contributed by atoms with Crippen LogP contribution in [0.5, 0.6) is 0 Å². The van der Waals surface area contributed by atoms with E-state index in [0.717, 1.165) is 69.7 Å². The maximum Gasteiger partial charge on any atom is 0.0799 e. The average molecular weight is 643 g/mol. The monoisotopic (exact) mass is 642 g/mol. The van der Waals surface area contributed by atoms with Gasteiger partial charge in [0, 0.05) is 56.9 Å². The molecule has 0 saturated heterocycles. The van der Waals surface area contributed by atoms with Crippen molar-refractivity contribution < 1.29 is 0 Å². The number of aromatic nitrogens is 4. The van der Waals surface area contributed by atoms with E-state index >= 15 is 0 Å². The molecule has 4 aromatic heterocycles. The number of hydrogen-bond donors (Lipinski definition) is 0. The smallest absolute Gasteiger partial charge is 0.0799 e. The molecule has 0 N–H and O–H groups in total. The highest BCUT2D eigenvalue weighted by molar-refractivity contribution is 6.08. The number of aryl methyl sites for hydroxylation is 3. The lowest BCUT2D eigenvalue weighted by molar-refractivity contribution is 0.0310. The number of nitrogens with zero attached hydrogens (tertiary/aromatic N) is 4. The number of fused-ring (bicyclic) bond motifs is 17. The summed E-state index contributed by atoms with van der Waals surface area (Å²) in [6.07, 6.45) is 16.4. The van der Waals surface area contributed by atoms with Gasteiger partial charge in [-0.15, -0.1) is 0 Å². The van der Waals surface area contributed by atoms with Crippen LogP contribution in [0.4, 0.5) is 0 Å². The molecular weight excluding hydrogens is 597 g/mol. The summed E-state index contributed by atoms with van der Waals surface area (Å²) in [5.74, 6) is 7.16. The molecule has 2 aromatic carbocycles. The highest BCUT2D eigenvalue weighted by atomic mass is 14.8. The molecule has 6 aromatic rings. The van der Waals surface area contributed by atoms with E-state index in [2.05, 4.69) is 74.5 Å². The van der Waals surface area contributed by atoms with Crippen LogP contribution in [-0.4, -0.2) is 19.9 Å². The first-order valence-corrected chi connectivity index (χ1v) is 19.3. The van der Waals surface area contributed by atoms with Gasteiger partial charge in [0.25, 0.3) is 0 Å². The predicted molar refractivity (Wildman–Crippen MR) is 199 cm³/mol. The molecule has 4 nitrogen and oxygen atoms in total. The highest BCUT2D eigenvalue weighted by Gasteiger charge is 2.72. The summed E-state index contributed by atoms with van der Waals surface area (Å²) in [6.45, 7) is 10.4. The van der Waals surface area contributed by atoms with Crippen molar-refractivity contribution in [3.63, 3.8) is 0 Å². The molecule has 1 spiro atoms. The lowest BCUT2D eigenvalue weighted by atomic mass is 9.48. The minimum Gasteiger partial charge on any atom is -0.261 e. The Bertz CT molecular complexity index is 2410. The molecular formula is C45H46N4. The van der Waals surface area contributed by atoms with Gasteiger partial charge in [0.1, 0.15) is 0 Å². The van der Waals surface area contributed by atoms with Crippen molar-refractivity contribution in [1.82, 2.24) is 19.9 Å². The Balaban J connectivity index is 0.000000114. The second-order valence-electron chi connectivity index (χ2n) is 16.7. The molecule has 9 unspecified atom stereocenters. The molecule has 5 saturated carbocycles. The number of rotatable bonds is 0. The van der Waals surface area contributed by atoms with Crippen molar-refractivity contribution in [2.45, 2.75) is 103 Å². The van der Waals surface area contributed by atoms with E-state index in [1.165, 1.54) is 88.5 Å². The van der Waals surface area contributed by atoms with E-state index < -0.39 is 0 Å².